The minimum absolute atomic E-state index is 0.153. The van der Waals surface area contributed by atoms with E-state index in [-0.39, 0.29) is 5.65 Å². The minimum Gasteiger partial charge on any atom is -0.399 e. The van der Waals surface area contributed by atoms with Crippen molar-refractivity contribution in [3.05, 3.63) is 41.6 Å². The largest absolute Gasteiger partial charge is 0.498 e. The van der Waals surface area contributed by atoms with Crippen LogP contribution in [0.15, 0.2) is 24.4 Å². The van der Waals surface area contributed by atoms with Crippen LogP contribution in [0.5, 0.6) is 0 Å². The first kappa shape index (κ1) is 17.2. The maximum atomic E-state index is 15.2. The number of aryl methyl sites for hydroxylation is 2. The molecule has 26 heavy (non-hydrogen) atoms. The van der Waals surface area contributed by atoms with Gasteiger partial charge in [0.1, 0.15) is 0 Å². The third-order valence-electron chi connectivity index (χ3n) is 5.44. The summed E-state index contributed by atoms with van der Waals surface area (Å²) in [5.74, 6) is -0.0396. The first-order valence-electron chi connectivity index (χ1n) is 8.66. The molecule has 4 heterocycles. The minimum atomic E-state index is -0.778. The lowest BCUT2D eigenvalue weighted by Crippen LogP contribution is -2.41. The summed E-state index contributed by atoms with van der Waals surface area (Å²) >= 11 is 0. The molecule has 1 aliphatic rings. The van der Waals surface area contributed by atoms with E-state index in [2.05, 4.69) is 10.1 Å². The van der Waals surface area contributed by atoms with Gasteiger partial charge < -0.3 is 9.31 Å². The van der Waals surface area contributed by atoms with Crippen LogP contribution in [0.4, 0.5) is 4.39 Å². The smallest absolute Gasteiger partial charge is 0.399 e. The van der Waals surface area contributed by atoms with Crippen molar-refractivity contribution in [3.63, 3.8) is 0 Å². The molecule has 3 aromatic heterocycles. The second kappa shape index (κ2) is 5.41. The molecule has 0 unspecified atom stereocenters. The summed E-state index contributed by atoms with van der Waals surface area (Å²) in [5.41, 5.74) is 1.40. The molecule has 0 aromatic carbocycles. The van der Waals surface area contributed by atoms with E-state index in [0.717, 1.165) is 11.4 Å². The van der Waals surface area contributed by atoms with Crippen molar-refractivity contribution in [3.8, 4) is 5.95 Å². The molecular weight excluding hydrogens is 334 g/mol. The Morgan fingerprint density at radius 1 is 1.00 bits per heavy atom. The van der Waals surface area contributed by atoms with Crippen LogP contribution in [0.2, 0.25) is 0 Å². The number of pyridine rings is 1. The SMILES string of the molecule is Cc1ccc(C)n1-c1nc2c(F)c(B3OC(C)(C)C(C)(C)O3)ccn2n1. The van der Waals surface area contributed by atoms with Gasteiger partial charge in [-0.25, -0.2) is 8.91 Å². The molecule has 0 bridgehead atoms. The normalized spacial score (nSPS) is 18.8. The summed E-state index contributed by atoms with van der Waals surface area (Å²) in [7, 11) is -0.778. The first-order chi connectivity index (χ1) is 12.1. The summed E-state index contributed by atoms with van der Waals surface area (Å²) in [5, 5.41) is 4.41. The Bertz CT molecular complexity index is 973. The number of hydrogen-bond acceptors (Lipinski definition) is 4. The number of hydrogen-bond donors (Lipinski definition) is 0. The molecule has 1 fully saturated rings. The van der Waals surface area contributed by atoms with Crippen LogP contribution in [-0.2, 0) is 9.31 Å². The lowest BCUT2D eigenvalue weighted by molar-refractivity contribution is 0.00578. The van der Waals surface area contributed by atoms with Gasteiger partial charge in [-0.15, -0.1) is 5.10 Å². The van der Waals surface area contributed by atoms with Crippen molar-refractivity contribution in [2.75, 3.05) is 0 Å². The van der Waals surface area contributed by atoms with E-state index >= 15 is 4.39 Å². The van der Waals surface area contributed by atoms with Crippen molar-refractivity contribution >= 4 is 18.2 Å². The van der Waals surface area contributed by atoms with E-state index in [0.29, 0.717) is 11.4 Å². The molecule has 3 aromatic rings. The fourth-order valence-corrected chi connectivity index (χ4v) is 3.15. The zero-order valence-corrected chi connectivity index (χ0v) is 15.9. The zero-order chi connectivity index (χ0) is 18.9. The highest BCUT2D eigenvalue weighted by atomic mass is 19.1. The van der Waals surface area contributed by atoms with E-state index in [9.17, 15) is 0 Å². The molecule has 4 rings (SSSR count). The molecular formula is C18H22BFN4O2. The van der Waals surface area contributed by atoms with Crippen molar-refractivity contribution in [2.24, 2.45) is 0 Å². The Labute approximate surface area is 152 Å². The zero-order valence-electron chi connectivity index (χ0n) is 15.9. The molecule has 0 radical (unpaired) electrons. The van der Waals surface area contributed by atoms with Crippen molar-refractivity contribution in [1.29, 1.82) is 0 Å². The Morgan fingerprint density at radius 3 is 2.15 bits per heavy atom. The maximum Gasteiger partial charge on any atom is 0.498 e. The molecule has 0 saturated carbocycles. The average Bonchev–Trinajstić information content (AvgIpc) is 3.15. The standard InChI is InChI=1S/C18H22BFN4O2/c1-11-7-8-12(2)24(11)16-21-15-14(20)13(9-10-23(15)22-16)19-25-17(3,4)18(5,6)26-19/h7-10H,1-6H3. The average molecular weight is 356 g/mol. The van der Waals surface area contributed by atoms with Gasteiger partial charge in [0.05, 0.1) is 11.2 Å². The number of fused-ring (bicyclic) bond motifs is 1. The van der Waals surface area contributed by atoms with E-state index in [1.54, 1.807) is 12.3 Å². The lowest BCUT2D eigenvalue weighted by atomic mass is 9.79. The molecule has 0 spiro atoms. The topological polar surface area (TPSA) is 53.6 Å². The Kier molecular flexibility index (Phi) is 3.58. The second-order valence-corrected chi connectivity index (χ2v) is 7.80. The van der Waals surface area contributed by atoms with Gasteiger partial charge in [-0.2, -0.15) is 4.98 Å². The summed E-state index contributed by atoms with van der Waals surface area (Å²) in [4.78, 5) is 4.41. The fraction of sp³-hybridized carbons (Fsp3) is 0.444. The second-order valence-electron chi connectivity index (χ2n) is 7.80. The third kappa shape index (κ3) is 2.40. The highest BCUT2D eigenvalue weighted by Gasteiger charge is 2.52. The maximum absolute atomic E-state index is 15.2. The van der Waals surface area contributed by atoms with Crippen LogP contribution in [0.25, 0.3) is 11.6 Å². The van der Waals surface area contributed by atoms with Gasteiger partial charge in [0.15, 0.2) is 11.5 Å². The summed E-state index contributed by atoms with van der Waals surface area (Å²) in [6.07, 6.45) is 1.68. The highest BCUT2D eigenvalue weighted by Crippen LogP contribution is 2.36. The van der Waals surface area contributed by atoms with E-state index in [1.807, 2.05) is 58.2 Å². The number of aromatic nitrogens is 4. The lowest BCUT2D eigenvalue weighted by Gasteiger charge is -2.32. The number of rotatable bonds is 2. The van der Waals surface area contributed by atoms with Gasteiger partial charge >= 0.3 is 7.12 Å². The van der Waals surface area contributed by atoms with Crippen LogP contribution in [0.1, 0.15) is 39.1 Å². The Morgan fingerprint density at radius 2 is 1.58 bits per heavy atom. The van der Waals surface area contributed by atoms with Gasteiger partial charge in [0.2, 0.25) is 0 Å². The fourth-order valence-electron chi connectivity index (χ4n) is 3.15. The molecule has 0 aliphatic carbocycles. The molecule has 0 N–H and O–H groups in total. The summed E-state index contributed by atoms with van der Waals surface area (Å²) in [6, 6.07) is 5.60. The van der Waals surface area contributed by atoms with Crippen LogP contribution >= 0.6 is 0 Å². The van der Waals surface area contributed by atoms with E-state index < -0.39 is 24.1 Å². The molecule has 136 valence electrons. The quantitative estimate of drug-likeness (QED) is 0.663. The predicted molar refractivity (Wildman–Crippen MR) is 97.5 cm³/mol. The van der Waals surface area contributed by atoms with E-state index in [1.165, 1.54) is 4.52 Å². The first-order valence-corrected chi connectivity index (χ1v) is 8.66. The van der Waals surface area contributed by atoms with E-state index in [4.69, 9.17) is 9.31 Å². The molecule has 1 saturated heterocycles. The van der Waals surface area contributed by atoms with Gasteiger partial charge in [0.25, 0.3) is 5.95 Å². The Hall–Kier alpha value is -2.19. The predicted octanol–water partition coefficient (Wildman–Crippen LogP) is 2.58. The van der Waals surface area contributed by atoms with Crippen molar-refractivity contribution in [2.45, 2.75) is 52.7 Å². The molecule has 6 nitrogen and oxygen atoms in total. The van der Waals surface area contributed by atoms with Crippen LogP contribution in [-0.4, -0.2) is 37.5 Å². The van der Waals surface area contributed by atoms with Gasteiger partial charge in [0, 0.05) is 23.0 Å². The summed E-state index contributed by atoms with van der Waals surface area (Å²) < 4.78 is 30.5. The number of halogens is 1. The number of nitrogens with zero attached hydrogens (tertiary/aromatic N) is 4. The highest BCUT2D eigenvalue weighted by molar-refractivity contribution is 6.62. The van der Waals surface area contributed by atoms with Crippen LogP contribution < -0.4 is 5.46 Å². The van der Waals surface area contributed by atoms with Gasteiger partial charge in [-0.1, -0.05) is 0 Å². The Balaban J connectivity index is 1.79. The molecule has 8 heteroatoms. The van der Waals surface area contributed by atoms with Crippen LogP contribution in [0.3, 0.4) is 0 Å². The molecule has 0 atom stereocenters. The monoisotopic (exact) mass is 356 g/mol. The van der Waals surface area contributed by atoms with Crippen molar-refractivity contribution in [1.82, 2.24) is 19.2 Å². The van der Waals surface area contributed by atoms with Crippen molar-refractivity contribution < 1.29 is 13.7 Å². The molecule has 0 amide bonds. The van der Waals surface area contributed by atoms with Crippen LogP contribution in [0, 0.1) is 19.7 Å². The van der Waals surface area contributed by atoms with Gasteiger partial charge in [-0.3, -0.25) is 4.57 Å². The van der Waals surface area contributed by atoms with Gasteiger partial charge in [-0.05, 0) is 59.7 Å². The summed E-state index contributed by atoms with van der Waals surface area (Å²) in [6.45, 7) is 11.7. The molecule has 1 aliphatic heterocycles. The third-order valence-corrected chi connectivity index (χ3v) is 5.44.